The van der Waals surface area contributed by atoms with E-state index in [0.29, 0.717) is 18.8 Å². The van der Waals surface area contributed by atoms with Crippen molar-refractivity contribution in [1.82, 2.24) is 9.62 Å². The molecular formula is C24H34N2O4S. The molecule has 0 radical (unpaired) electrons. The predicted molar refractivity (Wildman–Crippen MR) is 118 cm³/mol. The largest absolute Gasteiger partial charge is 0.497 e. The predicted octanol–water partition coefficient (Wildman–Crippen LogP) is 3.57. The summed E-state index contributed by atoms with van der Waals surface area (Å²) in [5.41, 5.74) is -0.195. The number of methoxy groups -OCH3 is 1. The normalized spacial score (nSPS) is 35.1. The van der Waals surface area contributed by atoms with Gasteiger partial charge in [0.2, 0.25) is 15.9 Å². The Kier molecular flexibility index (Phi) is 5.53. The Morgan fingerprint density at radius 2 is 1.81 bits per heavy atom. The fourth-order valence-corrected chi connectivity index (χ4v) is 8.91. The van der Waals surface area contributed by atoms with Crippen molar-refractivity contribution in [3.05, 3.63) is 24.3 Å². The maximum absolute atomic E-state index is 13.4. The second-order valence-corrected chi connectivity index (χ2v) is 12.2. The van der Waals surface area contributed by atoms with Gasteiger partial charge in [0.05, 0.1) is 12.0 Å². The minimum Gasteiger partial charge on any atom is -0.497 e. The molecule has 6 nitrogen and oxygen atoms in total. The van der Waals surface area contributed by atoms with Crippen LogP contribution in [0.2, 0.25) is 0 Å². The summed E-state index contributed by atoms with van der Waals surface area (Å²) in [6, 6.07) is 6.47. The number of carbonyl (C=O) groups is 1. The summed E-state index contributed by atoms with van der Waals surface area (Å²) in [5, 5.41) is 3.22. The lowest BCUT2D eigenvalue weighted by Crippen LogP contribution is -2.56. The molecule has 0 aromatic heterocycles. The highest BCUT2D eigenvalue weighted by Gasteiger charge is 2.54. The summed E-state index contributed by atoms with van der Waals surface area (Å²) in [6.45, 7) is 0.904. The van der Waals surface area contributed by atoms with Crippen LogP contribution < -0.4 is 10.1 Å². The number of amides is 1. The Bertz CT molecular complexity index is 909. The highest BCUT2D eigenvalue weighted by atomic mass is 32.2. The Morgan fingerprint density at radius 3 is 2.45 bits per heavy atom. The van der Waals surface area contributed by atoms with Gasteiger partial charge < -0.3 is 10.1 Å². The number of nitrogens with zero attached hydrogens (tertiary/aromatic N) is 1. The van der Waals surface area contributed by atoms with Gasteiger partial charge in [-0.15, -0.1) is 0 Å². The van der Waals surface area contributed by atoms with Crippen molar-refractivity contribution < 1.29 is 17.9 Å². The maximum Gasteiger partial charge on any atom is 0.243 e. The molecule has 1 atom stereocenters. The van der Waals surface area contributed by atoms with Gasteiger partial charge in [0.15, 0.2) is 0 Å². The second kappa shape index (κ2) is 8.07. The summed E-state index contributed by atoms with van der Waals surface area (Å²) in [7, 11) is -2.10. The monoisotopic (exact) mass is 446 g/mol. The molecule has 1 aromatic rings. The fourth-order valence-electron chi connectivity index (χ4n) is 7.18. The van der Waals surface area contributed by atoms with E-state index >= 15 is 0 Å². The first-order chi connectivity index (χ1) is 14.9. The van der Waals surface area contributed by atoms with E-state index in [1.54, 1.807) is 28.6 Å². The molecule has 0 spiro atoms. The molecule has 170 valence electrons. The van der Waals surface area contributed by atoms with Crippen LogP contribution >= 0.6 is 0 Å². The van der Waals surface area contributed by atoms with Crippen LogP contribution in [0.5, 0.6) is 5.75 Å². The zero-order chi connectivity index (χ0) is 21.6. The number of carbonyl (C=O) groups excluding carboxylic acids is 1. The number of benzene rings is 1. The lowest BCUT2D eigenvalue weighted by Gasteiger charge is -2.55. The third-order valence-electron chi connectivity index (χ3n) is 8.24. The second-order valence-electron chi connectivity index (χ2n) is 10.4. The number of ether oxygens (including phenoxy) is 1. The molecule has 4 bridgehead atoms. The molecule has 1 saturated heterocycles. The fraction of sp³-hybridized carbons (Fsp3) is 0.708. The average Bonchev–Trinajstić information content (AvgIpc) is 2.76. The lowest BCUT2D eigenvalue weighted by atomic mass is 9.49. The molecule has 6 rings (SSSR count). The number of rotatable bonds is 6. The molecule has 7 heteroatoms. The van der Waals surface area contributed by atoms with Crippen LogP contribution in [-0.2, 0) is 14.8 Å². The summed E-state index contributed by atoms with van der Waals surface area (Å²) in [6.07, 6.45) is 9.63. The van der Waals surface area contributed by atoms with Gasteiger partial charge in [-0.1, -0.05) is 12.5 Å². The molecule has 5 aliphatic rings. The minimum atomic E-state index is -3.63. The molecule has 1 aromatic carbocycles. The third kappa shape index (κ3) is 3.88. The Labute approximate surface area is 185 Å². The zero-order valence-corrected chi connectivity index (χ0v) is 19.2. The topological polar surface area (TPSA) is 75.7 Å². The van der Waals surface area contributed by atoms with Crippen LogP contribution in [0.25, 0.3) is 0 Å². The molecule has 4 aliphatic carbocycles. The Morgan fingerprint density at radius 1 is 1.13 bits per heavy atom. The van der Waals surface area contributed by atoms with Crippen molar-refractivity contribution in [3.8, 4) is 5.75 Å². The number of sulfonamides is 1. The molecule has 1 N–H and O–H groups in total. The first kappa shape index (κ1) is 21.3. The van der Waals surface area contributed by atoms with Crippen molar-refractivity contribution in [2.45, 2.75) is 68.7 Å². The first-order valence-electron chi connectivity index (χ1n) is 11.8. The molecule has 1 heterocycles. The molecule has 1 amide bonds. The number of nitrogens with one attached hydrogen (secondary N) is 1. The minimum absolute atomic E-state index is 0.177. The lowest BCUT2D eigenvalue weighted by molar-refractivity contribution is -0.146. The smallest absolute Gasteiger partial charge is 0.243 e. The van der Waals surface area contributed by atoms with Gasteiger partial charge in [-0.25, -0.2) is 8.42 Å². The zero-order valence-electron chi connectivity index (χ0n) is 18.4. The summed E-state index contributed by atoms with van der Waals surface area (Å²) in [5.74, 6) is 2.87. The number of hydrogen-bond donors (Lipinski definition) is 1. The third-order valence-corrected chi connectivity index (χ3v) is 10.2. The van der Waals surface area contributed by atoms with Crippen LogP contribution in [0, 0.1) is 23.2 Å². The SMILES string of the molecule is COc1cccc(S(=O)(=O)N2CCCCC2CNC(=O)C23CC4CC(CC(C4)C2)C3)c1. The first-order valence-corrected chi connectivity index (χ1v) is 13.3. The average molecular weight is 447 g/mol. The molecule has 4 saturated carbocycles. The van der Waals surface area contributed by atoms with Crippen LogP contribution in [0.4, 0.5) is 0 Å². The van der Waals surface area contributed by atoms with Crippen LogP contribution in [0.3, 0.4) is 0 Å². The molecular weight excluding hydrogens is 412 g/mol. The summed E-state index contributed by atoms with van der Waals surface area (Å²) < 4.78 is 33.6. The van der Waals surface area contributed by atoms with Crippen molar-refractivity contribution in [1.29, 1.82) is 0 Å². The van der Waals surface area contributed by atoms with Crippen LogP contribution in [0.15, 0.2) is 29.2 Å². The summed E-state index contributed by atoms with van der Waals surface area (Å²) in [4.78, 5) is 13.6. The highest BCUT2D eigenvalue weighted by Crippen LogP contribution is 2.60. The van der Waals surface area contributed by atoms with Gasteiger partial charge in [-0.05, 0) is 81.3 Å². The van der Waals surface area contributed by atoms with Gasteiger partial charge in [0, 0.05) is 30.6 Å². The van der Waals surface area contributed by atoms with Crippen molar-refractivity contribution in [2.24, 2.45) is 23.2 Å². The van der Waals surface area contributed by atoms with E-state index < -0.39 is 10.0 Å². The molecule has 1 unspecified atom stereocenters. The van der Waals surface area contributed by atoms with Gasteiger partial charge >= 0.3 is 0 Å². The van der Waals surface area contributed by atoms with E-state index in [9.17, 15) is 13.2 Å². The highest BCUT2D eigenvalue weighted by molar-refractivity contribution is 7.89. The molecule has 31 heavy (non-hydrogen) atoms. The van der Waals surface area contributed by atoms with Crippen LogP contribution in [0.1, 0.15) is 57.8 Å². The van der Waals surface area contributed by atoms with Gasteiger partial charge in [-0.3, -0.25) is 4.79 Å². The molecule has 5 fully saturated rings. The van der Waals surface area contributed by atoms with Gasteiger partial charge in [0.25, 0.3) is 0 Å². The van der Waals surface area contributed by atoms with E-state index in [1.165, 1.54) is 26.4 Å². The Balaban J connectivity index is 1.29. The van der Waals surface area contributed by atoms with Crippen molar-refractivity contribution in [3.63, 3.8) is 0 Å². The van der Waals surface area contributed by atoms with Crippen LogP contribution in [-0.4, -0.2) is 44.9 Å². The van der Waals surface area contributed by atoms with Gasteiger partial charge in [-0.2, -0.15) is 4.31 Å². The quantitative estimate of drug-likeness (QED) is 0.725. The van der Waals surface area contributed by atoms with E-state index in [2.05, 4.69) is 5.32 Å². The van der Waals surface area contributed by atoms with E-state index in [4.69, 9.17) is 4.74 Å². The number of piperidine rings is 1. The number of hydrogen-bond acceptors (Lipinski definition) is 4. The standard InChI is InChI=1S/C24H34N2O4S/c1-30-21-6-4-7-22(12-21)31(28,29)26-8-3-2-5-20(26)16-25-23(27)24-13-17-9-18(14-24)11-19(10-17)15-24/h4,6-7,12,17-20H,2-3,5,8-11,13-16H2,1H3,(H,25,27). The van der Waals surface area contributed by atoms with Crippen molar-refractivity contribution >= 4 is 15.9 Å². The van der Waals surface area contributed by atoms with E-state index in [-0.39, 0.29) is 22.3 Å². The molecule has 1 aliphatic heterocycles. The Hall–Kier alpha value is -1.60. The van der Waals surface area contributed by atoms with Crippen molar-refractivity contribution in [2.75, 3.05) is 20.2 Å². The van der Waals surface area contributed by atoms with E-state index in [0.717, 1.165) is 56.3 Å². The van der Waals surface area contributed by atoms with E-state index in [1.807, 2.05) is 0 Å². The maximum atomic E-state index is 13.4. The van der Waals surface area contributed by atoms with Gasteiger partial charge in [0.1, 0.15) is 5.75 Å². The summed E-state index contributed by atoms with van der Waals surface area (Å²) >= 11 is 0.